The molecule has 2 aromatic heterocycles. The number of aromatic nitrogens is 3. The van der Waals surface area contributed by atoms with Gasteiger partial charge in [0, 0.05) is 6.20 Å². The van der Waals surface area contributed by atoms with E-state index in [-0.39, 0.29) is 12.5 Å². The molecule has 0 aliphatic heterocycles. The summed E-state index contributed by atoms with van der Waals surface area (Å²) in [4.78, 5) is 30.0. The van der Waals surface area contributed by atoms with Gasteiger partial charge in [-0.2, -0.15) is 4.98 Å². The summed E-state index contributed by atoms with van der Waals surface area (Å²) in [6, 6.07) is 1.71. The van der Waals surface area contributed by atoms with E-state index in [9.17, 15) is 9.59 Å². The molecule has 2 heterocycles. The lowest BCUT2D eigenvalue weighted by molar-refractivity contribution is -0.109. The van der Waals surface area contributed by atoms with Gasteiger partial charge in [0.2, 0.25) is 5.88 Å². The summed E-state index contributed by atoms with van der Waals surface area (Å²) in [7, 11) is 0. The minimum atomic E-state index is -0.513. The minimum Gasteiger partial charge on any atom is -0.469 e. The molecule has 2 aromatic rings. The van der Waals surface area contributed by atoms with Crippen molar-refractivity contribution in [2.75, 3.05) is 6.61 Å². The normalized spacial score (nSPS) is 10.3. The molecule has 0 saturated carbocycles. The number of aromatic amines is 2. The Morgan fingerprint density at radius 1 is 1.57 bits per heavy atom. The van der Waals surface area contributed by atoms with E-state index in [1.165, 1.54) is 0 Å². The molecule has 0 fully saturated rings. The third-order valence-corrected chi connectivity index (χ3v) is 1.70. The van der Waals surface area contributed by atoms with Crippen molar-refractivity contribution in [2.45, 2.75) is 0 Å². The van der Waals surface area contributed by atoms with Gasteiger partial charge >= 0.3 is 5.69 Å². The number of carbonyl (C=O) groups excluding carboxylic acids is 1. The zero-order chi connectivity index (χ0) is 9.97. The lowest BCUT2D eigenvalue weighted by atomic mass is 10.4. The van der Waals surface area contributed by atoms with Gasteiger partial charge in [0.05, 0.1) is 5.39 Å². The second kappa shape index (κ2) is 3.33. The molecular formula is C8H7N3O3. The number of fused-ring (bicyclic) bond motifs is 1. The molecule has 0 amide bonds. The number of aldehydes is 1. The first-order chi connectivity index (χ1) is 6.81. The monoisotopic (exact) mass is 193 g/mol. The molecule has 0 bridgehead atoms. The van der Waals surface area contributed by atoms with Crippen molar-refractivity contribution in [2.24, 2.45) is 0 Å². The number of rotatable bonds is 3. The third-order valence-electron chi connectivity index (χ3n) is 1.70. The van der Waals surface area contributed by atoms with E-state index in [1.54, 1.807) is 12.3 Å². The molecule has 2 rings (SSSR count). The number of nitrogens with one attached hydrogen (secondary N) is 2. The average Bonchev–Trinajstić information content (AvgIpc) is 2.61. The first kappa shape index (κ1) is 8.49. The van der Waals surface area contributed by atoms with Crippen LogP contribution in [0, 0.1) is 0 Å². The molecule has 6 nitrogen and oxygen atoms in total. The number of ether oxygens (including phenoxy) is 1. The summed E-state index contributed by atoms with van der Waals surface area (Å²) in [5, 5.41) is 0.645. The van der Waals surface area contributed by atoms with Gasteiger partial charge in [-0.05, 0) is 6.07 Å². The van der Waals surface area contributed by atoms with Crippen LogP contribution in [-0.4, -0.2) is 27.8 Å². The van der Waals surface area contributed by atoms with Crippen molar-refractivity contribution in [3.8, 4) is 5.88 Å². The molecule has 0 saturated heterocycles. The van der Waals surface area contributed by atoms with Crippen LogP contribution in [0.3, 0.4) is 0 Å². The predicted molar refractivity (Wildman–Crippen MR) is 48.3 cm³/mol. The smallest absolute Gasteiger partial charge is 0.349 e. The average molecular weight is 193 g/mol. The molecule has 0 atom stereocenters. The predicted octanol–water partition coefficient (Wildman–Crippen LogP) is -0.171. The molecule has 0 aliphatic carbocycles. The summed E-state index contributed by atoms with van der Waals surface area (Å²) in [5.41, 5.74) is 0.0201. The number of H-pyrrole nitrogens is 2. The van der Waals surface area contributed by atoms with Gasteiger partial charge in [-0.15, -0.1) is 0 Å². The van der Waals surface area contributed by atoms with Crippen molar-refractivity contribution in [1.29, 1.82) is 0 Å². The van der Waals surface area contributed by atoms with Crippen molar-refractivity contribution >= 4 is 17.3 Å². The number of hydrogen-bond acceptors (Lipinski definition) is 4. The van der Waals surface area contributed by atoms with E-state index in [4.69, 9.17) is 4.74 Å². The number of nitrogens with zero attached hydrogens (tertiary/aromatic N) is 1. The highest BCUT2D eigenvalue weighted by atomic mass is 16.5. The Morgan fingerprint density at radius 2 is 2.43 bits per heavy atom. The van der Waals surface area contributed by atoms with Gasteiger partial charge < -0.3 is 9.72 Å². The second-order valence-corrected chi connectivity index (χ2v) is 2.59. The highest BCUT2D eigenvalue weighted by molar-refractivity contribution is 5.80. The fourth-order valence-corrected chi connectivity index (χ4v) is 1.16. The molecule has 0 aromatic carbocycles. The quantitative estimate of drug-likeness (QED) is 0.662. The summed E-state index contributed by atoms with van der Waals surface area (Å²) in [5.74, 6) is 0.164. The molecule has 0 unspecified atom stereocenters. The highest BCUT2D eigenvalue weighted by Crippen LogP contribution is 2.17. The molecular weight excluding hydrogens is 186 g/mol. The lowest BCUT2D eigenvalue weighted by Gasteiger charge is -2.00. The van der Waals surface area contributed by atoms with E-state index >= 15 is 0 Å². The Balaban J connectivity index is 2.55. The number of hydrogen-bond donors (Lipinski definition) is 2. The van der Waals surface area contributed by atoms with Gasteiger partial charge in [0.15, 0.2) is 6.29 Å². The lowest BCUT2D eigenvalue weighted by Crippen LogP contribution is -2.12. The fraction of sp³-hybridized carbons (Fsp3) is 0.125. The van der Waals surface area contributed by atoms with Gasteiger partial charge in [-0.25, -0.2) is 4.79 Å². The minimum absolute atomic E-state index is 0.114. The van der Waals surface area contributed by atoms with Gasteiger partial charge in [-0.1, -0.05) is 0 Å². The summed E-state index contributed by atoms with van der Waals surface area (Å²) < 4.78 is 4.99. The van der Waals surface area contributed by atoms with Crippen LogP contribution in [0.15, 0.2) is 17.1 Å². The number of carbonyl (C=O) groups is 1. The Morgan fingerprint density at radius 3 is 3.21 bits per heavy atom. The van der Waals surface area contributed by atoms with E-state index in [0.29, 0.717) is 17.3 Å². The Bertz CT molecular complexity index is 514. The summed E-state index contributed by atoms with van der Waals surface area (Å²) >= 11 is 0. The summed E-state index contributed by atoms with van der Waals surface area (Å²) in [6.07, 6.45) is 2.25. The van der Waals surface area contributed by atoms with Crippen LogP contribution in [0.1, 0.15) is 0 Å². The van der Waals surface area contributed by atoms with E-state index in [0.717, 1.165) is 0 Å². The maximum Gasteiger partial charge on any atom is 0.349 e. The van der Waals surface area contributed by atoms with Gasteiger partial charge in [-0.3, -0.25) is 9.78 Å². The van der Waals surface area contributed by atoms with Crippen LogP contribution in [0.25, 0.3) is 11.0 Å². The van der Waals surface area contributed by atoms with Crippen LogP contribution in [0.4, 0.5) is 0 Å². The standard InChI is InChI=1S/C8H7N3O3/c12-3-4-14-7-5-1-2-9-6(5)10-8(13)11-7/h1-3H,4H2,(H2,9,10,11,13). The second-order valence-electron chi connectivity index (χ2n) is 2.59. The van der Waals surface area contributed by atoms with E-state index in [1.807, 2.05) is 0 Å². The first-order valence-corrected chi connectivity index (χ1v) is 3.95. The Hall–Kier alpha value is -2.11. The molecule has 0 aliphatic rings. The molecule has 2 N–H and O–H groups in total. The van der Waals surface area contributed by atoms with E-state index in [2.05, 4.69) is 15.0 Å². The summed E-state index contributed by atoms with van der Waals surface area (Å²) in [6.45, 7) is -0.114. The van der Waals surface area contributed by atoms with Crippen molar-refractivity contribution in [1.82, 2.24) is 15.0 Å². The van der Waals surface area contributed by atoms with Crippen molar-refractivity contribution < 1.29 is 9.53 Å². The highest BCUT2D eigenvalue weighted by Gasteiger charge is 2.06. The van der Waals surface area contributed by atoms with Gasteiger partial charge in [0.1, 0.15) is 12.3 Å². The Labute approximate surface area is 77.9 Å². The zero-order valence-corrected chi connectivity index (χ0v) is 7.11. The van der Waals surface area contributed by atoms with E-state index < -0.39 is 5.69 Å². The SMILES string of the molecule is O=CCOc1nc(=O)[nH]c2[nH]ccc12. The van der Waals surface area contributed by atoms with Gasteiger partial charge in [0.25, 0.3) is 0 Å². The van der Waals surface area contributed by atoms with Crippen LogP contribution in [0.5, 0.6) is 5.88 Å². The largest absolute Gasteiger partial charge is 0.469 e. The molecule has 0 radical (unpaired) electrons. The van der Waals surface area contributed by atoms with Crippen molar-refractivity contribution in [3.63, 3.8) is 0 Å². The molecule has 72 valence electrons. The van der Waals surface area contributed by atoms with Crippen LogP contribution in [0.2, 0.25) is 0 Å². The fourth-order valence-electron chi connectivity index (χ4n) is 1.16. The topological polar surface area (TPSA) is 87.8 Å². The maximum absolute atomic E-state index is 11.0. The molecule has 0 spiro atoms. The Kier molecular flexibility index (Phi) is 2.02. The van der Waals surface area contributed by atoms with Crippen LogP contribution < -0.4 is 10.4 Å². The molecule has 6 heteroatoms. The van der Waals surface area contributed by atoms with Crippen LogP contribution in [-0.2, 0) is 4.79 Å². The maximum atomic E-state index is 11.0. The van der Waals surface area contributed by atoms with Crippen molar-refractivity contribution in [3.05, 3.63) is 22.7 Å². The first-order valence-electron chi connectivity index (χ1n) is 3.95. The zero-order valence-electron chi connectivity index (χ0n) is 7.11. The molecule has 14 heavy (non-hydrogen) atoms. The van der Waals surface area contributed by atoms with Crippen LogP contribution >= 0.6 is 0 Å². The third kappa shape index (κ3) is 1.37.